The summed E-state index contributed by atoms with van der Waals surface area (Å²) in [6.45, 7) is 0.725. The lowest BCUT2D eigenvalue weighted by atomic mass is 9.69. The molecule has 0 spiro atoms. The fraction of sp³-hybridized carbons (Fsp3) is 0.609. The van der Waals surface area contributed by atoms with Gasteiger partial charge in [0.15, 0.2) is 0 Å². The Hall–Kier alpha value is -2.37. The Balaban J connectivity index is 1.23. The molecule has 1 aromatic rings. The van der Waals surface area contributed by atoms with Gasteiger partial charge in [0.2, 0.25) is 11.8 Å². The van der Waals surface area contributed by atoms with Crippen LogP contribution in [0.25, 0.3) is 0 Å². The van der Waals surface area contributed by atoms with Crippen LogP contribution >= 0.6 is 0 Å². The maximum absolute atomic E-state index is 12.4. The summed E-state index contributed by atoms with van der Waals surface area (Å²) in [5, 5.41) is 5.82. The van der Waals surface area contributed by atoms with Gasteiger partial charge in [-0.25, -0.2) is 0 Å². The van der Waals surface area contributed by atoms with Crippen LogP contribution in [0.15, 0.2) is 24.3 Å². The Morgan fingerprint density at radius 2 is 1.72 bits per heavy atom. The molecule has 2 N–H and O–H groups in total. The number of nitrogens with zero attached hydrogens (tertiary/aromatic N) is 1. The highest BCUT2D eigenvalue weighted by Crippen LogP contribution is 2.40. The first-order chi connectivity index (χ1) is 14.1. The molecule has 3 amide bonds. The molecule has 3 fully saturated rings. The Bertz CT molecular complexity index is 761. The van der Waals surface area contributed by atoms with Crippen molar-refractivity contribution in [2.75, 3.05) is 18.0 Å². The number of hydrogen-bond donors (Lipinski definition) is 2. The Kier molecular flexibility index (Phi) is 6.16. The van der Waals surface area contributed by atoms with Crippen molar-refractivity contribution in [1.82, 2.24) is 10.6 Å². The average molecular weight is 398 g/mol. The largest absolute Gasteiger partial charge is 0.352 e. The summed E-state index contributed by atoms with van der Waals surface area (Å²) in [4.78, 5) is 38.2. The second-order valence-corrected chi connectivity index (χ2v) is 8.76. The lowest BCUT2D eigenvalue weighted by molar-refractivity contribution is -0.121. The van der Waals surface area contributed by atoms with Crippen molar-refractivity contribution >= 4 is 23.4 Å². The molecular weight excluding hydrogens is 366 g/mol. The van der Waals surface area contributed by atoms with Crippen LogP contribution in [-0.4, -0.2) is 36.9 Å². The number of amides is 3. The topological polar surface area (TPSA) is 78.5 Å². The van der Waals surface area contributed by atoms with Gasteiger partial charge in [-0.2, -0.15) is 0 Å². The highest BCUT2D eigenvalue weighted by Gasteiger charge is 2.32. The van der Waals surface area contributed by atoms with Crippen LogP contribution < -0.4 is 15.5 Å². The molecule has 6 nitrogen and oxygen atoms in total. The fourth-order valence-corrected chi connectivity index (χ4v) is 5.26. The van der Waals surface area contributed by atoms with Crippen molar-refractivity contribution in [3.63, 3.8) is 0 Å². The Labute approximate surface area is 172 Å². The molecule has 0 bridgehead atoms. The van der Waals surface area contributed by atoms with Crippen LogP contribution in [-0.2, 0) is 9.59 Å². The van der Waals surface area contributed by atoms with E-state index in [1.54, 1.807) is 29.2 Å². The molecule has 1 heterocycles. The zero-order chi connectivity index (χ0) is 20.2. The number of anilines is 1. The summed E-state index contributed by atoms with van der Waals surface area (Å²) in [6, 6.07) is 7.25. The second kappa shape index (κ2) is 8.97. The van der Waals surface area contributed by atoms with E-state index in [4.69, 9.17) is 0 Å². The molecule has 1 aromatic carbocycles. The van der Waals surface area contributed by atoms with Gasteiger partial charge >= 0.3 is 0 Å². The lowest BCUT2D eigenvalue weighted by Gasteiger charge is -2.39. The smallest absolute Gasteiger partial charge is 0.251 e. The van der Waals surface area contributed by atoms with Gasteiger partial charge in [-0.05, 0) is 61.8 Å². The highest BCUT2D eigenvalue weighted by atomic mass is 16.2. The van der Waals surface area contributed by atoms with Crippen molar-refractivity contribution in [3.05, 3.63) is 29.8 Å². The van der Waals surface area contributed by atoms with E-state index < -0.39 is 0 Å². The van der Waals surface area contributed by atoms with Gasteiger partial charge in [-0.3, -0.25) is 14.4 Å². The van der Waals surface area contributed by atoms with E-state index >= 15 is 0 Å². The zero-order valence-corrected chi connectivity index (χ0v) is 17.0. The number of carbonyl (C=O) groups excluding carboxylic acids is 3. The number of carbonyl (C=O) groups is 3. The van der Waals surface area contributed by atoms with Gasteiger partial charge in [0.1, 0.15) is 0 Å². The van der Waals surface area contributed by atoms with Gasteiger partial charge in [0, 0.05) is 30.3 Å². The summed E-state index contributed by atoms with van der Waals surface area (Å²) < 4.78 is 0. The minimum atomic E-state index is -0.268. The molecule has 29 heavy (non-hydrogen) atoms. The van der Waals surface area contributed by atoms with Gasteiger partial charge in [-0.15, -0.1) is 0 Å². The predicted octanol–water partition coefficient (Wildman–Crippen LogP) is 3.02. The van der Waals surface area contributed by atoms with Crippen molar-refractivity contribution in [3.8, 4) is 0 Å². The van der Waals surface area contributed by atoms with E-state index in [2.05, 4.69) is 10.6 Å². The number of rotatable bonds is 5. The Morgan fingerprint density at radius 3 is 2.45 bits per heavy atom. The van der Waals surface area contributed by atoms with Crippen LogP contribution in [0.3, 0.4) is 0 Å². The van der Waals surface area contributed by atoms with E-state index in [0.29, 0.717) is 12.0 Å². The van der Waals surface area contributed by atoms with E-state index in [9.17, 15) is 14.4 Å². The van der Waals surface area contributed by atoms with E-state index in [1.807, 2.05) is 0 Å². The van der Waals surface area contributed by atoms with E-state index in [1.165, 1.54) is 32.1 Å². The fourth-order valence-electron chi connectivity index (χ4n) is 5.26. The first kappa shape index (κ1) is 19.9. The molecule has 0 unspecified atom stereocenters. The van der Waals surface area contributed by atoms with Gasteiger partial charge < -0.3 is 15.5 Å². The number of fused-ring (bicyclic) bond motifs is 1. The normalized spacial score (nSPS) is 26.7. The first-order valence-corrected chi connectivity index (χ1v) is 11.1. The quantitative estimate of drug-likeness (QED) is 0.802. The van der Waals surface area contributed by atoms with Crippen LogP contribution in [0.2, 0.25) is 0 Å². The minimum absolute atomic E-state index is 0.00418. The summed E-state index contributed by atoms with van der Waals surface area (Å²) in [5.74, 6) is 1.36. The molecule has 3 atom stereocenters. The molecule has 3 aliphatic rings. The number of benzene rings is 1. The second-order valence-electron chi connectivity index (χ2n) is 8.76. The molecule has 1 saturated heterocycles. The van der Waals surface area contributed by atoms with E-state index in [-0.39, 0.29) is 30.3 Å². The summed E-state index contributed by atoms with van der Waals surface area (Å²) in [6.07, 6.45) is 10.1. The maximum atomic E-state index is 12.4. The van der Waals surface area contributed by atoms with Gasteiger partial charge in [-0.1, -0.05) is 25.7 Å². The van der Waals surface area contributed by atoms with Gasteiger partial charge in [0.05, 0.1) is 6.54 Å². The van der Waals surface area contributed by atoms with Crippen LogP contribution in [0.5, 0.6) is 0 Å². The molecule has 1 aliphatic heterocycles. The monoisotopic (exact) mass is 397 g/mol. The van der Waals surface area contributed by atoms with Crippen molar-refractivity contribution in [1.29, 1.82) is 0 Å². The third-order valence-corrected chi connectivity index (χ3v) is 6.83. The molecule has 0 radical (unpaired) electrons. The number of hydrogen-bond acceptors (Lipinski definition) is 3. The molecule has 0 aromatic heterocycles. The number of nitrogens with one attached hydrogen (secondary N) is 2. The maximum Gasteiger partial charge on any atom is 0.251 e. The zero-order valence-electron chi connectivity index (χ0n) is 17.0. The van der Waals surface area contributed by atoms with Crippen LogP contribution in [0.1, 0.15) is 68.1 Å². The third-order valence-electron chi connectivity index (χ3n) is 6.83. The predicted molar refractivity (Wildman–Crippen MR) is 112 cm³/mol. The van der Waals surface area contributed by atoms with Crippen LogP contribution in [0, 0.1) is 11.8 Å². The molecule has 2 aliphatic carbocycles. The molecular formula is C23H31N3O3. The van der Waals surface area contributed by atoms with Crippen molar-refractivity contribution in [2.45, 2.75) is 63.8 Å². The summed E-state index contributed by atoms with van der Waals surface area (Å²) >= 11 is 0. The summed E-state index contributed by atoms with van der Waals surface area (Å²) in [5.41, 5.74) is 1.32. The molecule has 6 heteroatoms. The highest BCUT2D eigenvalue weighted by molar-refractivity contribution is 5.98. The SMILES string of the molecule is O=C(CNC(=O)c1ccc(N2CCCC2=O)cc1)N[C@H]1CC[C@@H]2CCCC[C@@H]2C1. The molecule has 156 valence electrons. The standard InChI is InChI=1S/C23H31N3O3/c27-21(25-19-10-7-16-4-1-2-5-18(16)14-19)15-24-23(29)17-8-11-20(12-9-17)26-13-3-6-22(26)28/h8-9,11-12,16,18-19H,1-7,10,13-15H2,(H,24,29)(H,25,27)/t16-,18+,19-/m0/s1. The minimum Gasteiger partial charge on any atom is -0.352 e. The molecule has 2 saturated carbocycles. The lowest BCUT2D eigenvalue weighted by Crippen LogP contribution is -2.45. The van der Waals surface area contributed by atoms with Crippen LogP contribution in [0.4, 0.5) is 5.69 Å². The molecule has 4 rings (SSSR count). The third kappa shape index (κ3) is 4.80. The first-order valence-electron chi connectivity index (χ1n) is 11.1. The van der Waals surface area contributed by atoms with E-state index in [0.717, 1.165) is 43.3 Å². The average Bonchev–Trinajstić information content (AvgIpc) is 3.18. The Morgan fingerprint density at radius 1 is 0.966 bits per heavy atom. The van der Waals surface area contributed by atoms with Crippen molar-refractivity contribution < 1.29 is 14.4 Å². The van der Waals surface area contributed by atoms with Crippen molar-refractivity contribution in [2.24, 2.45) is 11.8 Å². The summed E-state index contributed by atoms with van der Waals surface area (Å²) in [7, 11) is 0. The van der Waals surface area contributed by atoms with Gasteiger partial charge in [0.25, 0.3) is 5.91 Å².